The largest absolute Gasteiger partial charge is 0.437 e. The van der Waals surface area contributed by atoms with E-state index in [1.807, 2.05) is 5.38 Å². The van der Waals surface area contributed by atoms with Crippen LogP contribution in [0.5, 0.6) is 0 Å². The van der Waals surface area contributed by atoms with Crippen molar-refractivity contribution < 1.29 is 9.63 Å². The molecule has 0 bridgehead atoms. The Morgan fingerprint density at radius 1 is 1.36 bits per heavy atom. The van der Waals surface area contributed by atoms with Gasteiger partial charge in [0.05, 0.1) is 6.21 Å². The number of nitrogens with zero attached hydrogens (tertiary/aromatic N) is 3. The lowest BCUT2D eigenvalue weighted by atomic mass is 10.3. The zero-order valence-corrected chi connectivity index (χ0v) is 13.2. The van der Waals surface area contributed by atoms with Crippen molar-refractivity contribution in [2.24, 2.45) is 5.16 Å². The Bertz CT molecular complexity index is 841. The van der Waals surface area contributed by atoms with Gasteiger partial charge in [0.15, 0.2) is 10.1 Å². The first-order valence-electron chi connectivity index (χ1n) is 6.01. The minimum absolute atomic E-state index is 0.289. The Balaban J connectivity index is 1.64. The van der Waals surface area contributed by atoms with E-state index in [2.05, 4.69) is 15.5 Å². The zero-order valence-electron chi connectivity index (χ0n) is 10.9. The number of fused-ring (bicyclic) bond motifs is 1. The highest BCUT2D eigenvalue weighted by atomic mass is 35.5. The van der Waals surface area contributed by atoms with Crippen molar-refractivity contribution >= 4 is 57.5 Å². The number of hydrogen-bond donors (Lipinski definition) is 1. The van der Waals surface area contributed by atoms with Gasteiger partial charge in [-0.05, 0) is 24.3 Å². The monoisotopic (exact) mass is 354 g/mol. The van der Waals surface area contributed by atoms with Crippen LogP contribution in [-0.2, 0) is 4.84 Å². The molecule has 0 radical (unpaired) electrons. The molecule has 0 fully saturated rings. The van der Waals surface area contributed by atoms with E-state index in [1.54, 1.807) is 34.9 Å². The van der Waals surface area contributed by atoms with Crippen molar-refractivity contribution in [3.63, 3.8) is 0 Å². The molecule has 0 saturated carbocycles. The van der Waals surface area contributed by atoms with E-state index < -0.39 is 6.09 Å². The number of carbonyl (C=O) groups excluding carboxylic acids is 1. The molecule has 22 heavy (non-hydrogen) atoms. The number of anilines is 1. The number of nitrogens with one attached hydrogen (secondary N) is 1. The van der Waals surface area contributed by atoms with Crippen molar-refractivity contribution in [1.29, 1.82) is 0 Å². The second-order valence-electron chi connectivity index (χ2n) is 4.09. The highest BCUT2D eigenvalue weighted by molar-refractivity contribution is 7.15. The van der Waals surface area contributed by atoms with E-state index >= 15 is 0 Å². The molecule has 2 heterocycles. The summed E-state index contributed by atoms with van der Waals surface area (Å²) in [6, 6.07) is 6.60. The predicted molar refractivity (Wildman–Crippen MR) is 87.2 cm³/mol. The Hall–Kier alpha value is -2.09. The third kappa shape index (κ3) is 3.22. The van der Waals surface area contributed by atoms with Gasteiger partial charge in [0, 0.05) is 22.3 Å². The van der Waals surface area contributed by atoms with Crippen LogP contribution in [0.25, 0.3) is 4.96 Å². The standard InChI is InChI=1S/C13H8Cl2N4O2S/c14-8-1-3-9(4-2-8)17-13(20)21-16-7-10-11(15)18-12-19(10)5-6-22-12/h1-7H,(H,17,20)/b16-7-. The van der Waals surface area contributed by atoms with E-state index in [9.17, 15) is 4.79 Å². The van der Waals surface area contributed by atoms with Gasteiger partial charge in [-0.3, -0.25) is 14.6 Å². The fourth-order valence-corrected chi connectivity index (χ4v) is 2.81. The third-order valence-electron chi connectivity index (χ3n) is 2.66. The number of thiazole rings is 1. The molecule has 1 aromatic carbocycles. The van der Waals surface area contributed by atoms with Crippen LogP contribution in [0.2, 0.25) is 10.2 Å². The summed E-state index contributed by atoms with van der Waals surface area (Å²) in [5.41, 5.74) is 1.09. The molecule has 0 atom stereocenters. The van der Waals surface area contributed by atoms with Crippen LogP contribution < -0.4 is 5.32 Å². The molecule has 3 rings (SSSR count). The highest BCUT2D eigenvalue weighted by Crippen LogP contribution is 2.19. The second-order valence-corrected chi connectivity index (χ2v) is 5.76. The Kier molecular flexibility index (Phi) is 4.28. The van der Waals surface area contributed by atoms with Crippen LogP contribution in [0.3, 0.4) is 0 Å². The molecule has 0 aliphatic heterocycles. The van der Waals surface area contributed by atoms with E-state index in [0.29, 0.717) is 16.4 Å². The summed E-state index contributed by atoms with van der Waals surface area (Å²) in [6.07, 6.45) is 2.41. The van der Waals surface area contributed by atoms with Crippen LogP contribution in [-0.4, -0.2) is 21.7 Å². The van der Waals surface area contributed by atoms with E-state index in [0.717, 1.165) is 4.96 Å². The summed E-state index contributed by atoms with van der Waals surface area (Å²) >= 11 is 13.2. The SMILES string of the molecule is O=C(Nc1ccc(Cl)cc1)O/N=C\c1c(Cl)nc2sccn12. The fraction of sp³-hybridized carbons (Fsp3) is 0. The van der Waals surface area contributed by atoms with Crippen molar-refractivity contribution in [2.75, 3.05) is 5.32 Å². The molecule has 2 aromatic heterocycles. The van der Waals surface area contributed by atoms with E-state index in [4.69, 9.17) is 28.0 Å². The molecule has 112 valence electrons. The molecule has 9 heteroatoms. The van der Waals surface area contributed by atoms with Crippen LogP contribution in [0, 0.1) is 0 Å². The Labute approximate surface area is 138 Å². The molecule has 0 spiro atoms. The quantitative estimate of drug-likeness (QED) is 0.433. The average Bonchev–Trinajstić information content (AvgIpc) is 3.04. The molecular formula is C13H8Cl2N4O2S. The lowest BCUT2D eigenvalue weighted by molar-refractivity contribution is 0.167. The number of oxime groups is 1. The summed E-state index contributed by atoms with van der Waals surface area (Å²) in [5, 5.41) is 8.85. The number of hydrogen-bond acceptors (Lipinski definition) is 5. The highest BCUT2D eigenvalue weighted by Gasteiger charge is 2.09. The summed E-state index contributed by atoms with van der Waals surface area (Å²) in [6.45, 7) is 0. The number of aromatic nitrogens is 2. The Morgan fingerprint density at radius 3 is 2.91 bits per heavy atom. The predicted octanol–water partition coefficient (Wildman–Crippen LogP) is 4.29. The second kappa shape index (κ2) is 6.35. The maximum atomic E-state index is 11.6. The van der Waals surface area contributed by atoms with Crippen LogP contribution in [0.4, 0.5) is 10.5 Å². The maximum absolute atomic E-state index is 11.6. The smallest absolute Gasteiger partial charge is 0.298 e. The molecule has 0 aliphatic carbocycles. The van der Waals surface area contributed by atoms with Gasteiger partial charge >= 0.3 is 6.09 Å². The molecule has 0 saturated heterocycles. The minimum Gasteiger partial charge on any atom is -0.298 e. The molecule has 0 aliphatic rings. The van der Waals surface area contributed by atoms with Gasteiger partial charge < -0.3 is 0 Å². The first-order chi connectivity index (χ1) is 10.6. The van der Waals surface area contributed by atoms with Crippen LogP contribution in [0.1, 0.15) is 5.69 Å². The van der Waals surface area contributed by atoms with Gasteiger partial charge in [-0.25, -0.2) is 9.78 Å². The van der Waals surface area contributed by atoms with Crippen LogP contribution >= 0.6 is 34.5 Å². The minimum atomic E-state index is -0.722. The third-order valence-corrected chi connectivity index (χ3v) is 3.94. The molecule has 1 N–H and O–H groups in total. The summed E-state index contributed by atoms with van der Waals surface area (Å²) in [7, 11) is 0. The molecule has 3 aromatic rings. The fourth-order valence-electron chi connectivity index (χ4n) is 1.69. The molecular weight excluding hydrogens is 347 g/mol. The van der Waals surface area contributed by atoms with Gasteiger partial charge in [0.1, 0.15) is 5.69 Å². The number of carbonyl (C=O) groups is 1. The first kappa shape index (κ1) is 14.8. The first-order valence-corrected chi connectivity index (χ1v) is 7.65. The van der Waals surface area contributed by atoms with Gasteiger partial charge in [-0.1, -0.05) is 28.4 Å². The lowest BCUT2D eigenvalue weighted by Crippen LogP contribution is -2.10. The Morgan fingerprint density at radius 2 is 2.14 bits per heavy atom. The molecule has 1 amide bonds. The van der Waals surface area contributed by atoms with E-state index in [1.165, 1.54) is 17.6 Å². The van der Waals surface area contributed by atoms with Gasteiger partial charge in [-0.2, -0.15) is 0 Å². The number of halogens is 2. The van der Waals surface area contributed by atoms with Crippen molar-refractivity contribution in [3.8, 4) is 0 Å². The summed E-state index contributed by atoms with van der Waals surface area (Å²) < 4.78 is 1.75. The number of amides is 1. The number of imidazole rings is 1. The molecule has 0 unspecified atom stereocenters. The average molecular weight is 355 g/mol. The van der Waals surface area contributed by atoms with Gasteiger partial charge in [-0.15, -0.1) is 11.3 Å². The van der Waals surface area contributed by atoms with E-state index in [-0.39, 0.29) is 5.15 Å². The van der Waals surface area contributed by atoms with Crippen molar-refractivity contribution in [1.82, 2.24) is 9.38 Å². The van der Waals surface area contributed by atoms with Crippen LogP contribution in [0.15, 0.2) is 41.0 Å². The topological polar surface area (TPSA) is 68.0 Å². The van der Waals surface area contributed by atoms with Gasteiger partial charge in [0.25, 0.3) is 0 Å². The number of benzene rings is 1. The normalized spacial score (nSPS) is 11.2. The summed E-state index contributed by atoms with van der Waals surface area (Å²) in [5.74, 6) is 0. The van der Waals surface area contributed by atoms with Crippen molar-refractivity contribution in [2.45, 2.75) is 0 Å². The van der Waals surface area contributed by atoms with Gasteiger partial charge in [0.2, 0.25) is 0 Å². The molecule has 6 nitrogen and oxygen atoms in total. The van der Waals surface area contributed by atoms with Crippen molar-refractivity contribution in [3.05, 3.63) is 51.7 Å². The zero-order chi connectivity index (χ0) is 15.5. The number of rotatable bonds is 3. The maximum Gasteiger partial charge on any atom is 0.437 e. The summed E-state index contributed by atoms with van der Waals surface area (Å²) in [4.78, 5) is 21.2. The lowest BCUT2D eigenvalue weighted by Gasteiger charge is -2.02.